The minimum Gasteiger partial charge on any atom is -0.356 e. The second-order valence-electron chi connectivity index (χ2n) is 4.22. The number of ether oxygens (including phenoxy) is 2. The first-order valence-electron chi connectivity index (χ1n) is 5.81. The van der Waals surface area contributed by atoms with Crippen molar-refractivity contribution < 1.29 is 9.47 Å². The summed E-state index contributed by atoms with van der Waals surface area (Å²) < 4.78 is 10.4. The summed E-state index contributed by atoms with van der Waals surface area (Å²) in [7, 11) is 3.33. The maximum Gasteiger partial charge on any atom is 0.158 e. The molecule has 0 amide bonds. The van der Waals surface area contributed by atoms with Crippen LogP contribution in [-0.4, -0.2) is 39.1 Å². The normalized spacial score (nSPS) is 20.0. The van der Waals surface area contributed by atoms with Crippen LogP contribution < -0.4 is 11.1 Å². The quantitative estimate of drug-likeness (QED) is 0.620. The van der Waals surface area contributed by atoms with Gasteiger partial charge in [-0.05, 0) is 12.8 Å². The highest BCUT2D eigenvalue weighted by Crippen LogP contribution is 2.18. The average Bonchev–Trinajstić information content (AvgIpc) is 2.76. The highest BCUT2D eigenvalue weighted by molar-refractivity contribution is 4.79. The monoisotopic (exact) mass is 216 g/mol. The molecule has 1 unspecified atom stereocenters. The summed E-state index contributed by atoms with van der Waals surface area (Å²) in [6.45, 7) is 0.639. The van der Waals surface area contributed by atoms with E-state index in [1.54, 1.807) is 14.2 Å². The second-order valence-corrected chi connectivity index (χ2v) is 4.22. The van der Waals surface area contributed by atoms with E-state index >= 15 is 0 Å². The van der Waals surface area contributed by atoms with Crippen molar-refractivity contribution in [2.45, 2.75) is 50.5 Å². The molecule has 0 heterocycles. The van der Waals surface area contributed by atoms with E-state index in [9.17, 15) is 0 Å². The second kappa shape index (κ2) is 7.17. The summed E-state index contributed by atoms with van der Waals surface area (Å²) >= 11 is 0. The van der Waals surface area contributed by atoms with Crippen LogP contribution in [0.5, 0.6) is 0 Å². The maximum atomic E-state index is 5.73. The molecule has 4 nitrogen and oxygen atoms in total. The molecular weight excluding hydrogens is 192 g/mol. The molecule has 0 aromatic carbocycles. The Kier molecular flexibility index (Phi) is 6.17. The van der Waals surface area contributed by atoms with Crippen LogP contribution in [0.25, 0.3) is 0 Å². The van der Waals surface area contributed by atoms with Crippen molar-refractivity contribution in [3.05, 3.63) is 0 Å². The van der Waals surface area contributed by atoms with Crippen LogP contribution in [-0.2, 0) is 9.47 Å². The lowest BCUT2D eigenvalue weighted by Gasteiger charge is -2.24. The molecule has 0 aromatic rings. The molecule has 4 heteroatoms. The maximum absolute atomic E-state index is 5.73. The molecule has 1 fully saturated rings. The zero-order chi connectivity index (χ0) is 11.1. The van der Waals surface area contributed by atoms with Gasteiger partial charge in [-0.2, -0.15) is 0 Å². The van der Waals surface area contributed by atoms with Crippen LogP contribution >= 0.6 is 0 Å². The van der Waals surface area contributed by atoms with Crippen LogP contribution in [0.2, 0.25) is 0 Å². The lowest BCUT2D eigenvalue weighted by molar-refractivity contribution is -0.110. The zero-order valence-electron chi connectivity index (χ0n) is 9.87. The summed E-state index contributed by atoms with van der Waals surface area (Å²) in [6.07, 6.45) is 5.91. The van der Waals surface area contributed by atoms with Gasteiger partial charge < -0.3 is 20.5 Å². The predicted molar refractivity (Wildman–Crippen MR) is 60.7 cm³/mol. The fourth-order valence-electron chi connectivity index (χ4n) is 2.18. The Morgan fingerprint density at radius 3 is 2.33 bits per heavy atom. The van der Waals surface area contributed by atoms with E-state index in [0.717, 1.165) is 6.42 Å². The molecule has 1 atom stereocenters. The molecule has 0 bridgehead atoms. The molecule has 0 spiro atoms. The molecule has 1 aliphatic rings. The van der Waals surface area contributed by atoms with E-state index in [4.69, 9.17) is 15.2 Å². The summed E-state index contributed by atoms with van der Waals surface area (Å²) in [5.41, 5.74) is 5.73. The first-order valence-corrected chi connectivity index (χ1v) is 5.81. The largest absolute Gasteiger partial charge is 0.356 e. The Bertz CT molecular complexity index is 153. The molecule has 0 aromatic heterocycles. The predicted octanol–water partition coefficient (Wildman–Crippen LogP) is 0.855. The van der Waals surface area contributed by atoms with Gasteiger partial charge in [0, 0.05) is 39.3 Å². The van der Waals surface area contributed by atoms with Crippen LogP contribution in [0.15, 0.2) is 0 Å². The van der Waals surface area contributed by atoms with Gasteiger partial charge in [0.25, 0.3) is 0 Å². The number of rotatable bonds is 7. The summed E-state index contributed by atoms with van der Waals surface area (Å²) in [5.74, 6) is 0. The first-order chi connectivity index (χ1) is 7.30. The van der Waals surface area contributed by atoms with Crippen molar-refractivity contribution in [3.8, 4) is 0 Å². The fraction of sp³-hybridized carbons (Fsp3) is 1.00. The van der Waals surface area contributed by atoms with Gasteiger partial charge in [-0.1, -0.05) is 12.8 Å². The fourth-order valence-corrected chi connectivity index (χ4v) is 2.18. The van der Waals surface area contributed by atoms with Crippen molar-refractivity contribution in [2.75, 3.05) is 20.8 Å². The zero-order valence-corrected chi connectivity index (χ0v) is 9.87. The average molecular weight is 216 g/mol. The molecule has 3 N–H and O–H groups in total. The lowest BCUT2D eigenvalue weighted by atomic mass is 10.1. The number of nitrogens with one attached hydrogen (secondary N) is 1. The Hall–Kier alpha value is -0.160. The molecule has 15 heavy (non-hydrogen) atoms. The summed E-state index contributed by atoms with van der Waals surface area (Å²) in [4.78, 5) is 0. The van der Waals surface area contributed by atoms with Crippen molar-refractivity contribution in [3.63, 3.8) is 0 Å². The van der Waals surface area contributed by atoms with Gasteiger partial charge in [0.1, 0.15) is 0 Å². The Labute approximate surface area is 92.5 Å². The first kappa shape index (κ1) is 12.9. The minimum atomic E-state index is -0.146. The number of hydrogen-bond acceptors (Lipinski definition) is 4. The number of methoxy groups -OCH3 is 2. The summed E-state index contributed by atoms with van der Waals surface area (Å²) in [5, 5.41) is 3.58. The minimum absolute atomic E-state index is 0.146. The lowest BCUT2D eigenvalue weighted by Crippen LogP contribution is -2.44. The van der Waals surface area contributed by atoms with E-state index in [1.165, 1.54) is 25.7 Å². The van der Waals surface area contributed by atoms with Gasteiger partial charge in [-0.25, -0.2) is 0 Å². The standard InChI is InChI=1S/C11H24N2O2/c1-14-11(15-2)7-10(8-12)13-9-5-3-4-6-9/h9-11,13H,3-8,12H2,1-2H3. The molecule has 1 rings (SSSR count). The Balaban J connectivity index is 2.27. The SMILES string of the molecule is COC(CC(CN)NC1CCCC1)OC. The van der Waals surface area contributed by atoms with E-state index in [0.29, 0.717) is 18.6 Å². The third kappa shape index (κ3) is 4.47. The highest BCUT2D eigenvalue weighted by atomic mass is 16.7. The van der Waals surface area contributed by atoms with Crippen LogP contribution in [0.1, 0.15) is 32.1 Å². The van der Waals surface area contributed by atoms with Crippen LogP contribution in [0.3, 0.4) is 0 Å². The molecule has 90 valence electrons. The smallest absolute Gasteiger partial charge is 0.158 e. The Morgan fingerprint density at radius 2 is 1.87 bits per heavy atom. The number of nitrogens with two attached hydrogens (primary N) is 1. The molecule has 1 saturated carbocycles. The van der Waals surface area contributed by atoms with Gasteiger partial charge in [-0.15, -0.1) is 0 Å². The number of hydrogen-bond donors (Lipinski definition) is 2. The van der Waals surface area contributed by atoms with Gasteiger partial charge in [0.05, 0.1) is 0 Å². The van der Waals surface area contributed by atoms with Gasteiger partial charge in [-0.3, -0.25) is 0 Å². The van der Waals surface area contributed by atoms with E-state index in [1.807, 2.05) is 0 Å². The van der Waals surface area contributed by atoms with Crippen LogP contribution in [0, 0.1) is 0 Å². The molecule has 0 aliphatic heterocycles. The molecule has 0 radical (unpaired) electrons. The summed E-state index contributed by atoms with van der Waals surface area (Å²) in [6, 6.07) is 0.950. The van der Waals surface area contributed by atoms with Gasteiger partial charge >= 0.3 is 0 Å². The van der Waals surface area contributed by atoms with E-state index in [-0.39, 0.29) is 6.29 Å². The van der Waals surface area contributed by atoms with Gasteiger partial charge in [0.15, 0.2) is 6.29 Å². The Morgan fingerprint density at radius 1 is 1.27 bits per heavy atom. The third-order valence-corrected chi connectivity index (χ3v) is 3.11. The van der Waals surface area contributed by atoms with Crippen molar-refractivity contribution in [1.29, 1.82) is 0 Å². The van der Waals surface area contributed by atoms with Crippen molar-refractivity contribution in [1.82, 2.24) is 5.32 Å². The highest BCUT2D eigenvalue weighted by Gasteiger charge is 2.20. The van der Waals surface area contributed by atoms with Crippen LogP contribution in [0.4, 0.5) is 0 Å². The van der Waals surface area contributed by atoms with E-state index < -0.39 is 0 Å². The van der Waals surface area contributed by atoms with E-state index in [2.05, 4.69) is 5.32 Å². The van der Waals surface area contributed by atoms with Crippen molar-refractivity contribution >= 4 is 0 Å². The van der Waals surface area contributed by atoms with Gasteiger partial charge in [0.2, 0.25) is 0 Å². The molecular formula is C11H24N2O2. The topological polar surface area (TPSA) is 56.5 Å². The van der Waals surface area contributed by atoms with Crippen molar-refractivity contribution in [2.24, 2.45) is 5.73 Å². The third-order valence-electron chi connectivity index (χ3n) is 3.11. The molecule has 0 saturated heterocycles. The molecule has 1 aliphatic carbocycles.